The Morgan fingerprint density at radius 2 is 2.30 bits per heavy atom. The molecule has 2 atom stereocenters. The van der Waals surface area contributed by atoms with Crippen LogP contribution in [0.4, 0.5) is 5.82 Å². The maximum absolute atomic E-state index is 12.4. The molecular formula is C12H20N6O2. The van der Waals surface area contributed by atoms with Gasteiger partial charge in [-0.1, -0.05) is 0 Å². The predicted molar refractivity (Wildman–Crippen MR) is 73.8 cm³/mol. The number of β-amino-alcohol motifs (C(OH)–C–C–N with tert-alkyl or cyclic N) is 1. The number of carbonyl (C=O) groups is 1. The Balaban J connectivity index is 2.13. The Bertz CT molecular complexity index is 464. The van der Waals surface area contributed by atoms with Crippen molar-refractivity contribution in [3.63, 3.8) is 0 Å². The van der Waals surface area contributed by atoms with Crippen LogP contribution in [-0.4, -0.2) is 70.3 Å². The summed E-state index contributed by atoms with van der Waals surface area (Å²) in [6, 6.07) is 3.15. The Hall–Kier alpha value is -1.77. The topological polar surface area (TPSA) is 108 Å². The van der Waals surface area contributed by atoms with E-state index in [2.05, 4.69) is 15.6 Å². The summed E-state index contributed by atoms with van der Waals surface area (Å²) in [6.07, 6.45) is 0.0987. The number of rotatable bonds is 4. The Morgan fingerprint density at radius 3 is 2.85 bits per heavy atom. The average molecular weight is 280 g/mol. The molecule has 0 saturated carbocycles. The van der Waals surface area contributed by atoms with Crippen LogP contribution in [0.1, 0.15) is 16.9 Å². The van der Waals surface area contributed by atoms with Crippen LogP contribution in [0.15, 0.2) is 12.1 Å². The maximum atomic E-state index is 12.4. The van der Waals surface area contributed by atoms with Crippen LogP contribution in [0.2, 0.25) is 0 Å². The molecule has 1 aliphatic heterocycles. The van der Waals surface area contributed by atoms with E-state index in [1.165, 1.54) is 0 Å². The molecule has 2 heterocycles. The van der Waals surface area contributed by atoms with E-state index in [1.807, 2.05) is 19.0 Å². The summed E-state index contributed by atoms with van der Waals surface area (Å²) >= 11 is 0. The minimum Gasteiger partial charge on any atom is -0.391 e. The summed E-state index contributed by atoms with van der Waals surface area (Å²) in [5.41, 5.74) is 2.61. The van der Waals surface area contributed by atoms with Gasteiger partial charge in [0.15, 0.2) is 11.5 Å². The summed E-state index contributed by atoms with van der Waals surface area (Å²) in [5, 5.41) is 17.4. The summed E-state index contributed by atoms with van der Waals surface area (Å²) in [6.45, 7) is 1.04. The highest BCUT2D eigenvalue weighted by Crippen LogP contribution is 2.20. The number of nitrogens with one attached hydrogen (secondary N) is 1. The molecule has 0 aliphatic carbocycles. The molecule has 110 valence electrons. The number of hydrazine groups is 1. The highest BCUT2D eigenvalue weighted by atomic mass is 16.3. The second kappa shape index (κ2) is 6.12. The van der Waals surface area contributed by atoms with Crippen molar-refractivity contribution in [2.75, 3.05) is 32.6 Å². The van der Waals surface area contributed by atoms with Crippen LogP contribution < -0.4 is 11.3 Å². The zero-order valence-electron chi connectivity index (χ0n) is 11.7. The normalized spacial score (nSPS) is 22.4. The first-order chi connectivity index (χ1) is 9.51. The molecule has 0 bridgehead atoms. The fraction of sp³-hybridized carbons (Fsp3) is 0.583. The molecule has 0 aromatic carbocycles. The molecule has 1 amide bonds. The summed E-state index contributed by atoms with van der Waals surface area (Å²) in [5.74, 6) is 5.38. The molecule has 0 radical (unpaired) electrons. The van der Waals surface area contributed by atoms with Gasteiger partial charge in [0.25, 0.3) is 5.91 Å². The fourth-order valence-corrected chi connectivity index (χ4v) is 2.41. The molecule has 1 aromatic rings. The highest BCUT2D eigenvalue weighted by Gasteiger charge is 2.35. The van der Waals surface area contributed by atoms with Gasteiger partial charge in [0, 0.05) is 19.1 Å². The number of likely N-dealkylation sites (N-methyl/N-ethyl adjacent to an activating group) is 1. The third-order valence-electron chi connectivity index (χ3n) is 3.26. The van der Waals surface area contributed by atoms with Gasteiger partial charge >= 0.3 is 0 Å². The molecule has 2 rings (SSSR count). The first-order valence-corrected chi connectivity index (χ1v) is 6.45. The Kier molecular flexibility index (Phi) is 4.48. The monoisotopic (exact) mass is 280 g/mol. The maximum Gasteiger partial charge on any atom is 0.274 e. The van der Waals surface area contributed by atoms with E-state index in [0.717, 1.165) is 0 Å². The van der Waals surface area contributed by atoms with Crippen LogP contribution in [-0.2, 0) is 0 Å². The third kappa shape index (κ3) is 3.21. The zero-order chi connectivity index (χ0) is 14.7. The van der Waals surface area contributed by atoms with Crippen LogP contribution in [0.5, 0.6) is 0 Å². The first kappa shape index (κ1) is 14.6. The molecular weight excluding hydrogens is 260 g/mol. The molecule has 0 spiro atoms. The summed E-state index contributed by atoms with van der Waals surface area (Å²) in [7, 11) is 3.88. The molecule has 2 unspecified atom stereocenters. The number of hydrogen-bond donors (Lipinski definition) is 3. The van der Waals surface area contributed by atoms with Crippen LogP contribution in [0, 0.1) is 0 Å². The van der Waals surface area contributed by atoms with Crippen LogP contribution >= 0.6 is 0 Å². The van der Waals surface area contributed by atoms with Gasteiger partial charge in [0.1, 0.15) is 0 Å². The molecule has 8 nitrogen and oxygen atoms in total. The molecule has 1 aromatic heterocycles. The number of aromatic nitrogens is 2. The summed E-state index contributed by atoms with van der Waals surface area (Å²) in [4.78, 5) is 16.1. The largest absolute Gasteiger partial charge is 0.391 e. The van der Waals surface area contributed by atoms with Crippen molar-refractivity contribution in [3.05, 3.63) is 17.8 Å². The van der Waals surface area contributed by atoms with Crippen molar-refractivity contribution < 1.29 is 9.90 Å². The molecule has 1 saturated heterocycles. The van der Waals surface area contributed by atoms with Crippen molar-refractivity contribution in [1.29, 1.82) is 0 Å². The lowest BCUT2D eigenvalue weighted by atomic mass is 10.2. The zero-order valence-corrected chi connectivity index (χ0v) is 11.7. The number of anilines is 1. The number of nitrogens with two attached hydrogens (primary N) is 1. The van der Waals surface area contributed by atoms with Crippen LogP contribution in [0.25, 0.3) is 0 Å². The number of likely N-dealkylation sites (tertiary alicyclic amines) is 1. The number of nitrogens with zero attached hydrogens (tertiary/aromatic N) is 4. The quantitative estimate of drug-likeness (QED) is 0.474. The number of nitrogen functional groups attached to an aromatic ring is 1. The van der Waals surface area contributed by atoms with Crippen molar-refractivity contribution in [2.24, 2.45) is 5.84 Å². The van der Waals surface area contributed by atoms with E-state index in [0.29, 0.717) is 25.3 Å². The molecule has 8 heteroatoms. The lowest BCUT2D eigenvalue weighted by Crippen LogP contribution is -2.41. The van der Waals surface area contributed by atoms with Gasteiger partial charge in [-0.2, -0.15) is 0 Å². The van der Waals surface area contributed by atoms with Crippen molar-refractivity contribution in [2.45, 2.75) is 18.6 Å². The Labute approximate surface area is 117 Å². The van der Waals surface area contributed by atoms with E-state index in [9.17, 15) is 9.90 Å². The van der Waals surface area contributed by atoms with E-state index in [4.69, 9.17) is 5.84 Å². The van der Waals surface area contributed by atoms with E-state index in [1.54, 1.807) is 17.0 Å². The van der Waals surface area contributed by atoms with Gasteiger partial charge in [-0.05, 0) is 32.6 Å². The minimum absolute atomic E-state index is 0.0124. The standard InChI is InChI=1S/C12H20N6O2/c1-17(2)6-8-5-9(19)7-18(8)12(20)10-3-4-11(14-13)16-15-10/h3-4,8-9,19H,5-7,13H2,1-2H3,(H,14,16). The van der Waals surface area contributed by atoms with Gasteiger partial charge in [0.05, 0.1) is 6.10 Å². The van der Waals surface area contributed by atoms with Gasteiger partial charge in [-0.3, -0.25) is 4.79 Å². The van der Waals surface area contributed by atoms with Gasteiger partial charge in [-0.15, -0.1) is 10.2 Å². The highest BCUT2D eigenvalue weighted by molar-refractivity contribution is 5.92. The smallest absolute Gasteiger partial charge is 0.274 e. The van der Waals surface area contributed by atoms with Gasteiger partial charge in [0.2, 0.25) is 0 Å². The average Bonchev–Trinajstić information content (AvgIpc) is 2.78. The van der Waals surface area contributed by atoms with Crippen molar-refractivity contribution >= 4 is 11.7 Å². The van der Waals surface area contributed by atoms with E-state index < -0.39 is 6.10 Å². The number of aliphatic hydroxyl groups is 1. The predicted octanol–water partition coefficient (Wildman–Crippen LogP) is -1.10. The first-order valence-electron chi connectivity index (χ1n) is 6.45. The van der Waals surface area contributed by atoms with E-state index in [-0.39, 0.29) is 17.6 Å². The number of amides is 1. The second-order valence-electron chi connectivity index (χ2n) is 5.21. The fourth-order valence-electron chi connectivity index (χ4n) is 2.41. The number of aliphatic hydroxyl groups excluding tert-OH is 1. The molecule has 1 fully saturated rings. The van der Waals surface area contributed by atoms with Gasteiger partial charge < -0.3 is 20.3 Å². The lowest BCUT2D eigenvalue weighted by molar-refractivity contribution is 0.0692. The molecule has 1 aliphatic rings. The minimum atomic E-state index is -0.484. The molecule has 20 heavy (non-hydrogen) atoms. The van der Waals surface area contributed by atoms with Gasteiger partial charge in [-0.25, -0.2) is 5.84 Å². The number of hydrogen-bond acceptors (Lipinski definition) is 7. The molecule has 4 N–H and O–H groups in total. The van der Waals surface area contributed by atoms with Crippen molar-refractivity contribution in [3.8, 4) is 0 Å². The third-order valence-corrected chi connectivity index (χ3v) is 3.26. The summed E-state index contributed by atoms with van der Waals surface area (Å²) < 4.78 is 0. The lowest BCUT2D eigenvalue weighted by Gasteiger charge is -2.26. The SMILES string of the molecule is CN(C)CC1CC(O)CN1C(=O)c1ccc(NN)nn1. The van der Waals surface area contributed by atoms with Crippen molar-refractivity contribution in [1.82, 2.24) is 20.0 Å². The van der Waals surface area contributed by atoms with Crippen LogP contribution in [0.3, 0.4) is 0 Å². The Morgan fingerprint density at radius 1 is 1.55 bits per heavy atom. The second-order valence-corrected chi connectivity index (χ2v) is 5.21. The van der Waals surface area contributed by atoms with E-state index >= 15 is 0 Å². The number of carbonyl (C=O) groups excluding carboxylic acids is 1.